The minimum Gasteiger partial charge on any atom is -0.370 e. The molecule has 32 heavy (non-hydrogen) atoms. The predicted molar refractivity (Wildman–Crippen MR) is 119 cm³/mol. The number of aromatic nitrogens is 1. The van der Waals surface area contributed by atoms with Crippen LogP contribution < -0.4 is 16.8 Å². The van der Waals surface area contributed by atoms with Crippen LogP contribution in [0.25, 0.3) is 0 Å². The zero-order valence-corrected chi connectivity index (χ0v) is 18.8. The van der Waals surface area contributed by atoms with Crippen LogP contribution in [-0.4, -0.2) is 100 Å². The fourth-order valence-corrected chi connectivity index (χ4v) is 4.06. The highest BCUT2D eigenvalue weighted by molar-refractivity contribution is 7.11. The number of hydrogen-bond donors (Lipinski definition) is 5. The summed E-state index contributed by atoms with van der Waals surface area (Å²) < 4.78 is 0. The molecule has 2 rings (SSSR count). The second-order valence-electron chi connectivity index (χ2n) is 7.58. The van der Waals surface area contributed by atoms with Crippen LogP contribution in [0.4, 0.5) is 0 Å². The Hall–Kier alpha value is -2.61. The number of Topliss-reactive ketones (excluding diaryl/α,β-unsaturated/α-hetero) is 1. The molecule has 178 valence electrons. The second-order valence-corrected chi connectivity index (χ2v) is 8.48. The first-order valence-corrected chi connectivity index (χ1v) is 11.2. The largest absolute Gasteiger partial charge is 0.370 e. The number of aliphatic hydroxyl groups excluding tert-OH is 1. The molecule has 1 aliphatic heterocycles. The summed E-state index contributed by atoms with van der Waals surface area (Å²) in [6, 6.07) is -1.35. The van der Waals surface area contributed by atoms with Crippen molar-refractivity contribution in [2.45, 2.75) is 44.1 Å². The van der Waals surface area contributed by atoms with E-state index in [1.165, 1.54) is 22.4 Å². The Kier molecular flexibility index (Phi) is 9.97. The molecule has 0 radical (unpaired) electrons. The van der Waals surface area contributed by atoms with Crippen LogP contribution in [-0.2, 0) is 9.59 Å². The van der Waals surface area contributed by atoms with Gasteiger partial charge in [0.25, 0.3) is 0 Å². The number of nitrogens with two attached hydrogens (primary N) is 2. The SMILES string of the molecule is CN1CCN(CC(=O)N[C@@H](CCCN=C(N)N)C(=O)c2nccs2)C(=O)[C@H]1CCC(O)O. The third-order valence-corrected chi connectivity index (χ3v) is 5.91. The Labute approximate surface area is 190 Å². The third kappa shape index (κ3) is 7.82. The highest BCUT2D eigenvalue weighted by Crippen LogP contribution is 2.16. The smallest absolute Gasteiger partial charge is 0.240 e. The lowest BCUT2D eigenvalue weighted by Crippen LogP contribution is -2.58. The van der Waals surface area contributed by atoms with Crippen LogP contribution in [0.15, 0.2) is 16.6 Å². The van der Waals surface area contributed by atoms with Crippen LogP contribution in [0.2, 0.25) is 0 Å². The van der Waals surface area contributed by atoms with Crippen LogP contribution in [0.5, 0.6) is 0 Å². The molecule has 13 heteroatoms. The number of thiazole rings is 1. The fraction of sp³-hybridized carbons (Fsp3) is 0.632. The van der Waals surface area contributed by atoms with Crippen LogP contribution in [0, 0.1) is 0 Å². The number of hydrogen-bond acceptors (Lipinski definition) is 9. The van der Waals surface area contributed by atoms with Crippen molar-refractivity contribution in [3.05, 3.63) is 16.6 Å². The molecule has 0 saturated carbocycles. The van der Waals surface area contributed by atoms with Gasteiger partial charge in [0.15, 0.2) is 17.3 Å². The summed E-state index contributed by atoms with van der Waals surface area (Å²) in [5.41, 5.74) is 10.6. The quantitative estimate of drug-likeness (QED) is 0.0765. The van der Waals surface area contributed by atoms with Crippen molar-refractivity contribution in [1.29, 1.82) is 0 Å². The number of carbonyl (C=O) groups excluding carboxylic acids is 3. The number of amides is 2. The van der Waals surface area contributed by atoms with E-state index >= 15 is 0 Å². The molecule has 0 unspecified atom stereocenters. The van der Waals surface area contributed by atoms with Crippen molar-refractivity contribution in [2.24, 2.45) is 16.5 Å². The van der Waals surface area contributed by atoms with Crippen LogP contribution in [0.3, 0.4) is 0 Å². The molecule has 1 fully saturated rings. The van der Waals surface area contributed by atoms with Gasteiger partial charge in [0.1, 0.15) is 0 Å². The molecule has 2 amide bonds. The Bertz CT molecular complexity index is 798. The van der Waals surface area contributed by atoms with Gasteiger partial charge in [0.2, 0.25) is 17.6 Å². The number of ketones is 1. The minimum absolute atomic E-state index is 0.0475. The molecule has 1 aromatic rings. The molecule has 2 atom stereocenters. The zero-order valence-electron chi connectivity index (χ0n) is 18.0. The zero-order chi connectivity index (χ0) is 23.7. The minimum atomic E-state index is -1.49. The standard InChI is InChI=1S/C19H31N7O5S/c1-25-8-9-26(18(31)13(25)4-5-15(28)29)11-14(27)24-12(3-2-6-23-19(20)21)16(30)17-22-7-10-32-17/h7,10,12-13,15,28-29H,2-6,8-9,11H2,1H3,(H,24,27)(H4,20,21,23)/t12-,13+/m0/s1. The van der Waals surface area contributed by atoms with E-state index in [9.17, 15) is 14.4 Å². The first-order valence-electron chi connectivity index (χ1n) is 10.3. The maximum absolute atomic E-state index is 12.8. The molecule has 0 spiro atoms. The number of aliphatic imine (C=N–C) groups is 1. The maximum Gasteiger partial charge on any atom is 0.240 e. The Balaban J connectivity index is 1.99. The number of rotatable bonds is 12. The van der Waals surface area contributed by atoms with E-state index in [2.05, 4.69) is 15.3 Å². The lowest BCUT2D eigenvalue weighted by molar-refractivity contribution is -0.145. The molecule has 1 aromatic heterocycles. The Morgan fingerprint density at radius 1 is 1.34 bits per heavy atom. The average Bonchev–Trinajstić information content (AvgIpc) is 3.26. The van der Waals surface area contributed by atoms with Crippen molar-refractivity contribution >= 4 is 34.9 Å². The molecule has 0 aromatic carbocycles. The average molecular weight is 470 g/mol. The van der Waals surface area contributed by atoms with Crippen molar-refractivity contribution in [3.8, 4) is 0 Å². The van der Waals surface area contributed by atoms with E-state index in [4.69, 9.17) is 21.7 Å². The normalized spacial score (nSPS) is 17.9. The number of likely N-dealkylation sites (N-methyl/N-ethyl adjacent to an activating group) is 1. The lowest BCUT2D eigenvalue weighted by Gasteiger charge is -2.38. The maximum atomic E-state index is 12.8. The molecule has 0 bridgehead atoms. The molecular weight excluding hydrogens is 438 g/mol. The summed E-state index contributed by atoms with van der Waals surface area (Å²) in [5, 5.41) is 22.9. The summed E-state index contributed by atoms with van der Waals surface area (Å²) in [6.07, 6.45) is 1.13. The van der Waals surface area contributed by atoms with Gasteiger partial charge < -0.3 is 31.9 Å². The number of piperazine rings is 1. The molecule has 1 aliphatic rings. The van der Waals surface area contributed by atoms with Gasteiger partial charge in [-0.2, -0.15) is 0 Å². The highest BCUT2D eigenvalue weighted by atomic mass is 32.1. The lowest BCUT2D eigenvalue weighted by atomic mass is 10.1. The van der Waals surface area contributed by atoms with Crippen LogP contribution >= 0.6 is 11.3 Å². The number of guanidine groups is 1. The van der Waals surface area contributed by atoms with E-state index in [0.717, 1.165) is 0 Å². The summed E-state index contributed by atoms with van der Waals surface area (Å²) >= 11 is 1.18. The van der Waals surface area contributed by atoms with Gasteiger partial charge in [-0.1, -0.05) is 0 Å². The summed E-state index contributed by atoms with van der Waals surface area (Å²) in [4.78, 5) is 49.4. The third-order valence-electron chi connectivity index (χ3n) is 5.12. The van der Waals surface area contributed by atoms with E-state index in [1.807, 2.05) is 4.90 Å². The van der Waals surface area contributed by atoms with Gasteiger partial charge in [-0.25, -0.2) is 4.98 Å². The van der Waals surface area contributed by atoms with E-state index < -0.39 is 24.3 Å². The van der Waals surface area contributed by atoms with E-state index in [-0.39, 0.29) is 42.0 Å². The highest BCUT2D eigenvalue weighted by Gasteiger charge is 2.34. The summed E-state index contributed by atoms with van der Waals surface area (Å²) in [6.45, 7) is 1.03. The van der Waals surface area contributed by atoms with Gasteiger partial charge in [0, 0.05) is 31.2 Å². The molecule has 7 N–H and O–H groups in total. The molecule has 1 saturated heterocycles. The van der Waals surface area contributed by atoms with Crippen molar-refractivity contribution < 1.29 is 24.6 Å². The van der Waals surface area contributed by atoms with Crippen LogP contribution in [0.1, 0.15) is 35.5 Å². The second kappa shape index (κ2) is 12.4. The predicted octanol–water partition coefficient (Wildman–Crippen LogP) is -1.90. The first kappa shape index (κ1) is 25.6. The monoisotopic (exact) mass is 469 g/mol. The number of aliphatic hydroxyl groups is 2. The van der Waals surface area contributed by atoms with Gasteiger partial charge >= 0.3 is 0 Å². The van der Waals surface area contributed by atoms with E-state index in [1.54, 1.807) is 12.4 Å². The summed E-state index contributed by atoms with van der Waals surface area (Å²) in [5.74, 6) is -1.07. The van der Waals surface area contributed by atoms with Crippen molar-refractivity contribution in [3.63, 3.8) is 0 Å². The van der Waals surface area contributed by atoms with Gasteiger partial charge in [0.05, 0.1) is 18.6 Å². The fourth-order valence-electron chi connectivity index (χ4n) is 3.43. The van der Waals surface area contributed by atoms with Gasteiger partial charge in [-0.05, 0) is 32.7 Å². The summed E-state index contributed by atoms with van der Waals surface area (Å²) in [7, 11) is 1.78. The molecule has 2 heterocycles. The number of nitrogens with zero attached hydrogens (tertiary/aromatic N) is 4. The van der Waals surface area contributed by atoms with Gasteiger partial charge in [-0.15, -0.1) is 11.3 Å². The molecular formula is C19H31N7O5S. The van der Waals surface area contributed by atoms with E-state index in [0.29, 0.717) is 32.5 Å². The first-order chi connectivity index (χ1) is 15.2. The van der Waals surface area contributed by atoms with Gasteiger partial charge in [-0.3, -0.25) is 24.3 Å². The molecule has 0 aliphatic carbocycles. The number of nitrogens with one attached hydrogen (secondary N) is 1. The Morgan fingerprint density at radius 3 is 2.72 bits per heavy atom. The topological polar surface area (TPSA) is 187 Å². The Morgan fingerprint density at radius 2 is 2.09 bits per heavy atom. The van der Waals surface area contributed by atoms with Crippen molar-refractivity contribution in [2.75, 3.05) is 33.2 Å². The van der Waals surface area contributed by atoms with Crippen molar-refractivity contribution in [1.82, 2.24) is 20.1 Å². The number of carbonyl (C=O) groups is 3. The molecule has 12 nitrogen and oxygen atoms in total.